The Bertz CT molecular complexity index is 435. The average Bonchev–Trinajstić information content (AvgIpc) is 2.38. The van der Waals surface area contributed by atoms with Crippen LogP contribution < -0.4 is 10.2 Å². The maximum absolute atomic E-state index is 11.8. The summed E-state index contributed by atoms with van der Waals surface area (Å²) < 4.78 is 5.61. The van der Waals surface area contributed by atoms with Crippen molar-refractivity contribution in [1.29, 1.82) is 0 Å². The van der Waals surface area contributed by atoms with Gasteiger partial charge in [-0.25, -0.2) is 0 Å². The number of rotatable bonds is 2. The molecule has 0 saturated carbocycles. The zero-order chi connectivity index (χ0) is 13.2. The van der Waals surface area contributed by atoms with Crippen molar-refractivity contribution in [3.63, 3.8) is 0 Å². The summed E-state index contributed by atoms with van der Waals surface area (Å²) in [6.07, 6.45) is 0. The Morgan fingerprint density at radius 1 is 1.44 bits per heavy atom. The van der Waals surface area contributed by atoms with Crippen LogP contribution in [0.5, 0.6) is 0 Å². The molecule has 2 rings (SSSR count). The van der Waals surface area contributed by atoms with E-state index < -0.39 is 5.60 Å². The fourth-order valence-corrected chi connectivity index (χ4v) is 2.27. The second kappa shape index (κ2) is 5.16. The van der Waals surface area contributed by atoms with Crippen LogP contribution in [0.3, 0.4) is 0 Å². The number of amides is 1. The third-order valence-corrected chi connectivity index (χ3v) is 3.43. The van der Waals surface area contributed by atoms with Gasteiger partial charge >= 0.3 is 0 Å². The minimum atomic E-state index is -0.799. The number of morpholine rings is 1. The molecule has 1 aromatic carbocycles. The van der Waals surface area contributed by atoms with Gasteiger partial charge in [-0.15, -0.1) is 0 Å². The van der Waals surface area contributed by atoms with Crippen LogP contribution >= 0.6 is 11.6 Å². The fraction of sp³-hybridized carbons (Fsp3) is 0.462. The standard InChI is InChI=1S/C13H17ClN2O2/c1-13(12(17)15-2)9-16(7-8-18-13)11-5-3-10(14)4-6-11/h3-6H,7-9H2,1-2H3,(H,15,17)/t13-/m1/s1. The first-order chi connectivity index (χ1) is 8.55. The number of anilines is 1. The Labute approximate surface area is 112 Å². The summed E-state index contributed by atoms with van der Waals surface area (Å²) in [5.41, 5.74) is 0.255. The molecule has 1 N–H and O–H groups in total. The molecule has 5 heteroatoms. The molecule has 0 aromatic heterocycles. The van der Waals surface area contributed by atoms with Gasteiger partial charge in [0.15, 0.2) is 5.60 Å². The predicted octanol–water partition coefficient (Wildman–Crippen LogP) is 1.68. The highest BCUT2D eigenvalue weighted by molar-refractivity contribution is 6.30. The number of nitrogens with zero attached hydrogens (tertiary/aromatic N) is 1. The monoisotopic (exact) mass is 268 g/mol. The lowest BCUT2D eigenvalue weighted by atomic mass is 10.0. The van der Waals surface area contributed by atoms with E-state index in [1.54, 1.807) is 7.05 Å². The van der Waals surface area contributed by atoms with Crippen molar-refractivity contribution in [3.05, 3.63) is 29.3 Å². The Hall–Kier alpha value is -1.26. The Balaban J connectivity index is 2.16. The lowest BCUT2D eigenvalue weighted by molar-refractivity contribution is -0.145. The highest BCUT2D eigenvalue weighted by Crippen LogP contribution is 2.24. The lowest BCUT2D eigenvalue weighted by Gasteiger charge is -2.40. The molecule has 1 heterocycles. The number of carbonyl (C=O) groups excluding carboxylic acids is 1. The summed E-state index contributed by atoms with van der Waals surface area (Å²) in [5.74, 6) is -0.0961. The van der Waals surface area contributed by atoms with Crippen molar-refractivity contribution in [2.45, 2.75) is 12.5 Å². The molecule has 1 atom stereocenters. The van der Waals surface area contributed by atoms with Crippen molar-refractivity contribution in [3.8, 4) is 0 Å². The SMILES string of the molecule is CNC(=O)[C@@]1(C)CN(c2ccc(Cl)cc2)CCO1. The summed E-state index contributed by atoms with van der Waals surface area (Å²) in [4.78, 5) is 14.0. The number of ether oxygens (including phenoxy) is 1. The first-order valence-electron chi connectivity index (χ1n) is 5.92. The highest BCUT2D eigenvalue weighted by atomic mass is 35.5. The molecule has 1 fully saturated rings. The van der Waals surface area contributed by atoms with Crippen molar-refractivity contribution in [1.82, 2.24) is 5.32 Å². The van der Waals surface area contributed by atoms with Crippen LogP contribution in [-0.4, -0.2) is 38.3 Å². The molecule has 4 nitrogen and oxygen atoms in total. The van der Waals surface area contributed by atoms with E-state index in [0.717, 1.165) is 12.2 Å². The van der Waals surface area contributed by atoms with E-state index in [1.165, 1.54) is 0 Å². The van der Waals surface area contributed by atoms with Gasteiger partial charge in [0, 0.05) is 24.3 Å². The molecular weight excluding hydrogens is 252 g/mol. The van der Waals surface area contributed by atoms with Gasteiger partial charge in [0.2, 0.25) is 0 Å². The third-order valence-electron chi connectivity index (χ3n) is 3.17. The van der Waals surface area contributed by atoms with Crippen LogP contribution in [0.15, 0.2) is 24.3 Å². The molecule has 1 aromatic rings. The molecule has 1 saturated heterocycles. The molecule has 18 heavy (non-hydrogen) atoms. The molecule has 98 valence electrons. The zero-order valence-electron chi connectivity index (χ0n) is 10.6. The van der Waals surface area contributed by atoms with Gasteiger partial charge in [0.05, 0.1) is 13.2 Å². The predicted molar refractivity (Wildman–Crippen MR) is 72.1 cm³/mol. The van der Waals surface area contributed by atoms with E-state index in [1.807, 2.05) is 31.2 Å². The van der Waals surface area contributed by atoms with Gasteiger partial charge in [-0.1, -0.05) is 11.6 Å². The van der Waals surface area contributed by atoms with Crippen molar-refractivity contribution in [2.24, 2.45) is 0 Å². The van der Waals surface area contributed by atoms with E-state index in [9.17, 15) is 4.79 Å². The van der Waals surface area contributed by atoms with Crippen LogP contribution in [0, 0.1) is 0 Å². The van der Waals surface area contributed by atoms with E-state index >= 15 is 0 Å². The average molecular weight is 269 g/mol. The van der Waals surface area contributed by atoms with Gasteiger partial charge < -0.3 is 15.0 Å². The van der Waals surface area contributed by atoms with E-state index in [4.69, 9.17) is 16.3 Å². The van der Waals surface area contributed by atoms with Crippen molar-refractivity contribution >= 4 is 23.2 Å². The van der Waals surface area contributed by atoms with Gasteiger partial charge in [-0.3, -0.25) is 4.79 Å². The van der Waals surface area contributed by atoms with E-state index in [-0.39, 0.29) is 5.91 Å². The summed E-state index contributed by atoms with van der Waals surface area (Å²) in [5, 5.41) is 3.35. The number of likely N-dealkylation sites (N-methyl/N-ethyl adjacent to an activating group) is 1. The first-order valence-corrected chi connectivity index (χ1v) is 6.29. The Morgan fingerprint density at radius 3 is 2.72 bits per heavy atom. The minimum Gasteiger partial charge on any atom is -0.366 e. The van der Waals surface area contributed by atoms with Crippen LogP contribution in [0.1, 0.15) is 6.92 Å². The fourth-order valence-electron chi connectivity index (χ4n) is 2.14. The van der Waals surface area contributed by atoms with Crippen LogP contribution in [0.2, 0.25) is 5.02 Å². The van der Waals surface area contributed by atoms with Gasteiger partial charge in [0.25, 0.3) is 5.91 Å². The maximum Gasteiger partial charge on any atom is 0.253 e. The second-order valence-electron chi connectivity index (χ2n) is 4.56. The molecule has 0 spiro atoms. The smallest absolute Gasteiger partial charge is 0.253 e. The van der Waals surface area contributed by atoms with E-state index in [0.29, 0.717) is 18.2 Å². The molecule has 0 aliphatic carbocycles. The largest absolute Gasteiger partial charge is 0.366 e. The number of hydrogen-bond acceptors (Lipinski definition) is 3. The van der Waals surface area contributed by atoms with Gasteiger partial charge in [0.1, 0.15) is 0 Å². The summed E-state index contributed by atoms with van der Waals surface area (Å²) in [6, 6.07) is 7.61. The molecule has 1 aliphatic heterocycles. The number of carbonyl (C=O) groups is 1. The quantitative estimate of drug-likeness (QED) is 0.887. The number of nitrogens with one attached hydrogen (secondary N) is 1. The highest BCUT2D eigenvalue weighted by Gasteiger charge is 2.38. The van der Waals surface area contributed by atoms with Crippen molar-refractivity contribution < 1.29 is 9.53 Å². The lowest BCUT2D eigenvalue weighted by Crippen LogP contribution is -2.57. The Kier molecular flexibility index (Phi) is 3.78. The molecule has 0 unspecified atom stereocenters. The number of benzene rings is 1. The molecule has 0 radical (unpaired) electrons. The summed E-state index contributed by atoms with van der Waals surface area (Å²) >= 11 is 5.87. The Morgan fingerprint density at radius 2 is 2.11 bits per heavy atom. The molecule has 0 bridgehead atoms. The number of halogens is 1. The first kappa shape index (κ1) is 13.2. The summed E-state index contributed by atoms with van der Waals surface area (Å²) in [7, 11) is 1.62. The van der Waals surface area contributed by atoms with Gasteiger partial charge in [-0.05, 0) is 31.2 Å². The molecular formula is C13H17ClN2O2. The van der Waals surface area contributed by atoms with Crippen LogP contribution in [-0.2, 0) is 9.53 Å². The second-order valence-corrected chi connectivity index (χ2v) is 4.99. The van der Waals surface area contributed by atoms with Gasteiger partial charge in [-0.2, -0.15) is 0 Å². The number of hydrogen-bond donors (Lipinski definition) is 1. The summed E-state index contributed by atoms with van der Waals surface area (Å²) in [6.45, 7) is 3.66. The maximum atomic E-state index is 11.8. The van der Waals surface area contributed by atoms with Crippen LogP contribution in [0.4, 0.5) is 5.69 Å². The topological polar surface area (TPSA) is 41.6 Å². The molecule has 1 aliphatic rings. The normalized spacial score (nSPS) is 23.8. The van der Waals surface area contributed by atoms with Crippen molar-refractivity contribution in [2.75, 3.05) is 31.6 Å². The zero-order valence-corrected chi connectivity index (χ0v) is 11.3. The van der Waals surface area contributed by atoms with Crippen LogP contribution in [0.25, 0.3) is 0 Å². The van der Waals surface area contributed by atoms with E-state index in [2.05, 4.69) is 10.2 Å². The molecule has 1 amide bonds. The third kappa shape index (κ3) is 2.60. The minimum absolute atomic E-state index is 0.0961.